The van der Waals surface area contributed by atoms with Crippen LogP contribution >= 0.6 is 0 Å². The van der Waals surface area contributed by atoms with Crippen molar-refractivity contribution in [2.75, 3.05) is 59.5 Å². The number of hydrogen-bond donors (Lipinski definition) is 4. The zero-order valence-corrected chi connectivity index (χ0v) is 24.8. The Balaban J connectivity index is 0.000000394. The molecular formula is C31H50O10. The monoisotopic (exact) mass is 582 g/mol. The van der Waals surface area contributed by atoms with Crippen molar-refractivity contribution in [3.63, 3.8) is 0 Å². The Morgan fingerprint density at radius 3 is 1.20 bits per heavy atom. The Hall–Kier alpha value is -1.96. The van der Waals surface area contributed by atoms with Crippen molar-refractivity contribution >= 4 is 0 Å². The molecule has 2 heterocycles. The minimum atomic E-state index is -0.440. The van der Waals surface area contributed by atoms with Gasteiger partial charge in [0, 0.05) is 0 Å². The van der Waals surface area contributed by atoms with Crippen LogP contribution in [0.4, 0.5) is 0 Å². The molecule has 2 fully saturated rings. The quantitative estimate of drug-likeness (QED) is 0.172. The lowest BCUT2D eigenvalue weighted by Crippen LogP contribution is -2.13. The first-order chi connectivity index (χ1) is 19.8. The molecule has 2 aromatic rings. The molecular weight excluding hydrogens is 532 g/mol. The fourth-order valence-corrected chi connectivity index (χ4v) is 2.70. The van der Waals surface area contributed by atoms with E-state index in [2.05, 4.69) is 11.7 Å². The summed E-state index contributed by atoms with van der Waals surface area (Å²) < 4.78 is 30.7. The maximum absolute atomic E-state index is 9.05. The number of rotatable bonds is 16. The maximum atomic E-state index is 9.05. The van der Waals surface area contributed by atoms with Crippen LogP contribution in [0.15, 0.2) is 48.5 Å². The van der Waals surface area contributed by atoms with E-state index in [4.69, 9.17) is 44.1 Å². The highest BCUT2D eigenvalue weighted by atomic mass is 16.6. The molecule has 10 nitrogen and oxygen atoms in total. The molecule has 10 heteroatoms. The van der Waals surface area contributed by atoms with Gasteiger partial charge in [0.25, 0.3) is 0 Å². The van der Waals surface area contributed by atoms with Crippen LogP contribution in [0.3, 0.4) is 0 Å². The molecule has 3 atom stereocenters. The van der Waals surface area contributed by atoms with Crippen molar-refractivity contribution in [2.45, 2.75) is 65.5 Å². The number of epoxide rings is 2. The molecule has 0 radical (unpaired) electrons. The Kier molecular flexibility index (Phi) is 22.3. The lowest BCUT2D eigenvalue weighted by atomic mass is 10.1. The van der Waals surface area contributed by atoms with Gasteiger partial charge in [0.15, 0.2) is 0 Å². The number of hydrogen-bond acceptors (Lipinski definition) is 10. The summed E-state index contributed by atoms with van der Waals surface area (Å²) in [6.07, 6.45) is -0.297. The summed E-state index contributed by atoms with van der Waals surface area (Å²) in [5.74, 6) is 0. The summed E-state index contributed by atoms with van der Waals surface area (Å²) in [6, 6.07) is 15.2. The van der Waals surface area contributed by atoms with Crippen molar-refractivity contribution < 1.29 is 48.8 Å². The molecule has 0 saturated carbocycles. The molecule has 0 spiro atoms. The summed E-state index contributed by atoms with van der Waals surface area (Å²) in [7, 11) is 0. The molecule has 2 aliphatic heterocycles. The van der Waals surface area contributed by atoms with Crippen LogP contribution in [-0.2, 0) is 54.8 Å². The van der Waals surface area contributed by atoms with E-state index >= 15 is 0 Å². The fraction of sp³-hybridized carbons (Fsp3) is 0.613. The summed E-state index contributed by atoms with van der Waals surface area (Å²) in [6.45, 7) is 12.2. The van der Waals surface area contributed by atoms with Crippen LogP contribution in [0.2, 0.25) is 0 Å². The van der Waals surface area contributed by atoms with E-state index < -0.39 is 12.2 Å². The van der Waals surface area contributed by atoms with E-state index in [1.165, 1.54) is 0 Å². The van der Waals surface area contributed by atoms with Crippen LogP contribution < -0.4 is 0 Å². The Labute approximate surface area is 244 Å². The molecule has 3 unspecified atom stereocenters. The van der Waals surface area contributed by atoms with Gasteiger partial charge in [-0.05, 0) is 43.0 Å². The SMILES string of the molecule is C1CO1.CC(O)COCCOCc1ccc(COCCOCC(C)O)cc1.CC1CO1.OCc1ccc(CO)cc1. The van der Waals surface area contributed by atoms with Crippen molar-refractivity contribution in [3.05, 3.63) is 70.8 Å². The number of aliphatic hydroxyl groups is 4. The van der Waals surface area contributed by atoms with Crippen LogP contribution in [0.5, 0.6) is 0 Å². The van der Waals surface area contributed by atoms with Crippen molar-refractivity contribution in [2.24, 2.45) is 0 Å². The number of benzene rings is 2. The molecule has 0 bridgehead atoms. The van der Waals surface area contributed by atoms with Crippen molar-refractivity contribution in [1.29, 1.82) is 0 Å². The number of aliphatic hydroxyl groups excluding tert-OH is 4. The minimum absolute atomic E-state index is 0.0612. The highest BCUT2D eigenvalue weighted by Crippen LogP contribution is 2.07. The first-order valence-corrected chi connectivity index (χ1v) is 14.1. The molecule has 0 amide bonds. The topological polar surface area (TPSA) is 143 Å². The van der Waals surface area contributed by atoms with Gasteiger partial charge in [0.2, 0.25) is 0 Å². The molecule has 2 aliphatic rings. The van der Waals surface area contributed by atoms with E-state index in [1.54, 1.807) is 38.1 Å². The molecule has 2 saturated heterocycles. The standard InChI is InChI=1S/C18H30O6.C8H10O2.C3H6O.C2H4O/c1-15(19)11-21-7-9-23-13-17-3-5-18(6-4-17)14-24-10-8-22-12-16(2)20;9-5-7-1-2-8(6-10)4-3-7;1-3-2-4-3;1-2-3-1/h3-6,15-16,19-20H,7-14H2,1-2H3;1-4,9-10H,5-6H2;3H,2H2,1H3;1-2H2. The van der Waals surface area contributed by atoms with E-state index in [0.717, 1.165) is 42.1 Å². The van der Waals surface area contributed by atoms with Gasteiger partial charge in [-0.1, -0.05) is 48.5 Å². The molecule has 4 N–H and O–H groups in total. The largest absolute Gasteiger partial charge is 0.392 e. The highest BCUT2D eigenvalue weighted by molar-refractivity contribution is 5.22. The lowest BCUT2D eigenvalue weighted by Gasteiger charge is -2.09. The van der Waals surface area contributed by atoms with Crippen LogP contribution in [0.1, 0.15) is 43.0 Å². The van der Waals surface area contributed by atoms with Crippen LogP contribution in [0.25, 0.3) is 0 Å². The van der Waals surface area contributed by atoms with Gasteiger partial charge in [-0.3, -0.25) is 0 Å². The Morgan fingerprint density at radius 1 is 0.659 bits per heavy atom. The average molecular weight is 583 g/mol. The summed E-state index contributed by atoms with van der Waals surface area (Å²) in [5.41, 5.74) is 3.93. The van der Waals surface area contributed by atoms with Gasteiger partial charge in [-0.15, -0.1) is 0 Å². The summed E-state index contributed by atoms with van der Waals surface area (Å²) in [5, 5.41) is 35.4. The van der Waals surface area contributed by atoms with Gasteiger partial charge in [-0.25, -0.2) is 0 Å². The third-order valence-corrected chi connectivity index (χ3v) is 5.11. The van der Waals surface area contributed by atoms with Crippen molar-refractivity contribution in [3.8, 4) is 0 Å². The second-order valence-electron chi connectivity index (χ2n) is 9.66. The zero-order valence-electron chi connectivity index (χ0n) is 24.8. The average Bonchev–Trinajstić information content (AvgIpc) is 3.90. The number of ether oxygens (including phenoxy) is 6. The van der Waals surface area contributed by atoms with Gasteiger partial charge in [0.05, 0.1) is 104 Å². The first kappa shape index (κ1) is 37.1. The van der Waals surface area contributed by atoms with E-state index in [1.807, 2.05) is 24.3 Å². The third kappa shape index (κ3) is 25.5. The van der Waals surface area contributed by atoms with E-state index in [9.17, 15) is 0 Å². The van der Waals surface area contributed by atoms with E-state index in [0.29, 0.717) is 59.0 Å². The molecule has 0 aliphatic carbocycles. The highest BCUT2D eigenvalue weighted by Gasteiger charge is 2.13. The second kappa shape index (κ2) is 24.6. The lowest BCUT2D eigenvalue weighted by molar-refractivity contribution is 0.00513. The molecule has 41 heavy (non-hydrogen) atoms. The summed E-state index contributed by atoms with van der Waals surface area (Å²) in [4.78, 5) is 0. The molecule has 4 rings (SSSR count). The second-order valence-corrected chi connectivity index (χ2v) is 9.66. The normalized spacial score (nSPS) is 16.1. The zero-order chi connectivity index (χ0) is 30.1. The third-order valence-electron chi connectivity index (χ3n) is 5.11. The fourth-order valence-electron chi connectivity index (χ4n) is 2.70. The van der Waals surface area contributed by atoms with Crippen LogP contribution in [0, 0.1) is 0 Å². The first-order valence-electron chi connectivity index (χ1n) is 14.1. The van der Waals surface area contributed by atoms with E-state index in [-0.39, 0.29) is 13.2 Å². The summed E-state index contributed by atoms with van der Waals surface area (Å²) >= 11 is 0. The maximum Gasteiger partial charge on any atom is 0.0781 e. The predicted octanol–water partition coefficient (Wildman–Crippen LogP) is 2.61. The van der Waals surface area contributed by atoms with Gasteiger partial charge >= 0.3 is 0 Å². The molecule has 2 aromatic carbocycles. The van der Waals surface area contributed by atoms with Gasteiger partial charge < -0.3 is 48.8 Å². The predicted molar refractivity (Wildman–Crippen MR) is 155 cm³/mol. The Bertz CT molecular complexity index is 772. The molecule has 0 aromatic heterocycles. The Morgan fingerprint density at radius 2 is 0.951 bits per heavy atom. The van der Waals surface area contributed by atoms with Gasteiger partial charge in [-0.2, -0.15) is 0 Å². The molecule has 234 valence electrons. The minimum Gasteiger partial charge on any atom is -0.392 e. The smallest absolute Gasteiger partial charge is 0.0781 e. The van der Waals surface area contributed by atoms with Gasteiger partial charge in [0.1, 0.15) is 0 Å². The van der Waals surface area contributed by atoms with Crippen molar-refractivity contribution in [1.82, 2.24) is 0 Å². The van der Waals surface area contributed by atoms with Crippen LogP contribution in [-0.4, -0.2) is 98.2 Å².